The summed E-state index contributed by atoms with van der Waals surface area (Å²) in [7, 11) is 2.23. The molecule has 2 heteroatoms. The Kier molecular flexibility index (Phi) is 4.74. The highest BCUT2D eigenvalue weighted by Crippen LogP contribution is 2.24. The summed E-state index contributed by atoms with van der Waals surface area (Å²) >= 11 is 0. The largest absolute Gasteiger partial charge is 0.379 e. The van der Waals surface area contributed by atoms with Gasteiger partial charge >= 0.3 is 0 Å². The first-order valence-corrected chi connectivity index (χ1v) is 5.59. The lowest BCUT2D eigenvalue weighted by atomic mass is 9.92. The van der Waals surface area contributed by atoms with Crippen LogP contribution in [0.3, 0.4) is 0 Å². The van der Waals surface area contributed by atoms with Gasteiger partial charge in [-0.1, -0.05) is 6.92 Å². The molecule has 0 spiro atoms. The molecule has 1 aliphatic carbocycles. The van der Waals surface area contributed by atoms with Crippen molar-refractivity contribution in [2.45, 2.75) is 51.7 Å². The number of ether oxygens (including phenoxy) is 1. The van der Waals surface area contributed by atoms with Crippen LogP contribution in [0.25, 0.3) is 0 Å². The molecule has 0 bridgehead atoms. The van der Waals surface area contributed by atoms with Crippen LogP contribution >= 0.6 is 0 Å². The van der Waals surface area contributed by atoms with Gasteiger partial charge in [0.1, 0.15) is 0 Å². The molecule has 1 saturated carbocycles. The van der Waals surface area contributed by atoms with E-state index in [2.05, 4.69) is 25.8 Å². The number of rotatable bonds is 4. The molecule has 0 radical (unpaired) electrons. The third kappa shape index (κ3) is 3.28. The van der Waals surface area contributed by atoms with E-state index in [1.54, 1.807) is 0 Å². The van der Waals surface area contributed by atoms with Crippen molar-refractivity contribution < 1.29 is 4.74 Å². The van der Waals surface area contributed by atoms with Crippen LogP contribution in [0, 0.1) is 0 Å². The molecule has 78 valence electrons. The molecule has 0 unspecified atom stereocenters. The van der Waals surface area contributed by atoms with Gasteiger partial charge in [0.25, 0.3) is 0 Å². The molecule has 0 atom stereocenters. The van der Waals surface area contributed by atoms with Crippen molar-refractivity contribution in [1.29, 1.82) is 0 Å². The van der Waals surface area contributed by atoms with Gasteiger partial charge in [0.15, 0.2) is 0 Å². The smallest absolute Gasteiger partial charge is 0.0576 e. The molecule has 0 aliphatic heterocycles. The van der Waals surface area contributed by atoms with Crippen molar-refractivity contribution in [1.82, 2.24) is 4.90 Å². The predicted molar refractivity (Wildman–Crippen MR) is 56.0 cm³/mol. The van der Waals surface area contributed by atoms with Crippen LogP contribution in [0.5, 0.6) is 0 Å². The maximum atomic E-state index is 5.63. The lowest BCUT2D eigenvalue weighted by molar-refractivity contribution is 0.0180. The maximum Gasteiger partial charge on any atom is 0.0576 e. The fourth-order valence-electron chi connectivity index (χ4n) is 2.15. The minimum absolute atomic E-state index is 0.548. The van der Waals surface area contributed by atoms with Crippen molar-refractivity contribution in [2.75, 3.05) is 20.2 Å². The second-order valence-corrected chi connectivity index (χ2v) is 3.96. The number of hydrogen-bond donors (Lipinski definition) is 0. The summed E-state index contributed by atoms with van der Waals surface area (Å²) in [5, 5.41) is 0. The van der Waals surface area contributed by atoms with Crippen LogP contribution in [0.15, 0.2) is 0 Å². The van der Waals surface area contributed by atoms with Crippen molar-refractivity contribution in [2.24, 2.45) is 0 Å². The lowest BCUT2D eigenvalue weighted by Crippen LogP contribution is -2.36. The van der Waals surface area contributed by atoms with E-state index < -0.39 is 0 Å². The Morgan fingerprint density at radius 1 is 1.15 bits per heavy atom. The van der Waals surface area contributed by atoms with Crippen molar-refractivity contribution >= 4 is 0 Å². The highest BCUT2D eigenvalue weighted by Gasteiger charge is 2.22. The summed E-state index contributed by atoms with van der Waals surface area (Å²) in [4.78, 5) is 2.46. The van der Waals surface area contributed by atoms with Crippen LogP contribution in [0.2, 0.25) is 0 Å². The minimum atomic E-state index is 0.548. The molecule has 0 heterocycles. The van der Waals surface area contributed by atoms with Gasteiger partial charge in [-0.25, -0.2) is 0 Å². The molecule has 0 aromatic carbocycles. The van der Waals surface area contributed by atoms with Gasteiger partial charge in [0.05, 0.1) is 6.10 Å². The van der Waals surface area contributed by atoms with Crippen LogP contribution in [0.1, 0.15) is 39.5 Å². The summed E-state index contributed by atoms with van der Waals surface area (Å²) < 4.78 is 5.63. The third-order valence-corrected chi connectivity index (χ3v) is 3.17. The lowest BCUT2D eigenvalue weighted by Gasteiger charge is -2.33. The Labute approximate surface area is 82.3 Å². The van der Waals surface area contributed by atoms with Gasteiger partial charge in [0, 0.05) is 12.6 Å². The molecule has 1 aliphatic rings. The molecular weight excluding hydrogens is 162 g/mol. The van der Waals surface area contributed by atoms with Gasteiger partial charge < -0.3 is 9.64 Å². The fraction of sp³-hybridized carbons (Fsp3) is 1.00. The molecule has 0 amide bonds. The van der Waals surface area contributed by atoms with E-state index in [1.807, 2.05) is 0 Å². The van der Waals surface area contributed by atoms with Gasteiger partial charge in [-0.3, -0.25) is 0 Å². The van der Waals surface area contributed by atoms with Crippen LogP contribution in [-0.4, -0.2) is 37.2 Å². The van der Waals surface area contributed by atoms with E-state index in [-0.39, 0.29) is 0 Å². The van der Waals surface area contributed by atoms with Crippen molar-refractivity contribution in [3.05, 3.63) is 0 Å². The molecule has 0 aromatic rings. The molecular formula is C11H23NO. The fourth-order valence-corrected chi connectivity index (χ4v) is 2.15. The van der Waals surface area contributed by atoms with E-state index >= 15 is 0 Å². The zero-order valence-corrected chi connectivity index (χ0v) is 9.25. The normalized spacial score (nSPS) is 29.5. The van der Waals surface area contributed by atoms with Crippen LogP contribution < -0.4 is 0 Å². The number of nitrogens with zero attached hydrogens (tertiary/aromatic N) is 1. The first kappa shape index (κ1) is 11.0. The van der Waals surface area contributed by atoms with Gasteiger partial charge in [-0.05, 0) is 46.2 Å². The zero-order valence-electron chi connectivity index (χ0n) is 9.25. The topological polar surface area (TPSA) is 12.5 Å². The van der Waals surface area contributed by atoms with Gasteiger partial charge in [-0.2, -0.15) is 0 Å². The standard InChI is InChI=1S/C11H23NO/c1-4-12(3)10-6-8-11(9-7-10)13-5-2/h10-11H,4-9H2,1-3H3/t10-,11+. The maximum absolute atomic E-state index is 5.63. The monoisotopic (exact) mass is 185 g/mol. The molecule has 1 rings (SSSR count). The van der Waals surface area contributed by atoms with E-state index in [9.17, 15) is 0 Å². The summed E-state index contributed by atoms with van der Waals surface area (Å²) in [6.45, 7) is 6.36. The Bertz CT molecular complexity index is 130. The molecule has 0 aromatic heterocycles. The molecule has 0 saturated heterocycles. The Morgan fingerprint density at radius 2 is 1.77 bits per heavy atom. The van der Waals surface area contributed by atoms with Crippen molar-refractivity contribution in [3.8, 4) is 0 Å². The van der Waals surface area contributed by atoms with Crippen molar-refractivity contribution in [3.63, 3.8) is 0 Å². The molecule has 0 N–H and O–H groups in total. The third-order valence-electron chi connectivity index (χ3n) is 3.17. The summed E-state index contributed by atoms with van der Waals surface area (Å²) in [6, 6.07) is 0.807. The second-order valence-electron chi connectivity index (χ2n) is 3.96. The van der Waals surface area contributed by atoms with E-state index in [0.29, 0.717) is 6.10 Å². The summed E-state index contributed by atoms with van der Waals surface area (Å²) in [5.74, 6) is 0. The quantitative estimate of drug-likeness (QED) is 0.666. The van der Waals surface area contributed by atoms with Gasteiger partial charge in [-0.15, -0.1) is 0 Å². The van der Waals surface area contributed by atoms with E-state index in [1.165, 1.54) is 32.2 Å². The minimum Gasteiger partial charge on any atom is -0.379 e. The predicted octanol–water partition coefficient (Wildman–Crippen LogP) is 2.29. The zero-order chi connectivity index (χ0) is 9.68. The SMILES string of the molecule is CCO[C@H]1CC[C@@H](N(C)CC)CC1. The first-order valence-electron chi connectivity index (χ1n) is 5.59. The Morgan fingerprint density at radius 3 is 2.23 bits per heavy atom. The summed E-state index contributed by atoms with van der Waals surface area (Å²) in [6.07, 6.45) is 5.68. The Hall–Kier alpha value is -0.0800. The highest BCUT2D eigenvalue weighted by molar-refractivity contribution is 4.77. The van der Waals surface area contributed by atoms with Crippen LogP contribution in [-0.2, 0) is 4.74 Å². The van der Waals surface area contributed by atoms with Crippen LogP contribution in [0.4, 0.5) is 0 Å². The summed E-state index contributed by atoms with van der Waals surface area (Å²) in [5.41, 5.74) is 0. The van der Waals surface area contributed by atoms with E-state index in [0.717, 1.165) is 12.6 Å². The molecule has 13 heavy (non-hydrogen) atoms. The Balaban J connectivity index is 2.22. The average Bonchev–Trinajstić information content (AvgIpc) is 2.18. The second kappa shape index (κ2) is 5.61. The number of hydrogen-bond acceptors (Lipinski definition) is 2. The van der Waals surface area contributed by atoms with E-state index in [4.69, 9.17) is 4.74 Å². The molecule has 1 fully saturated rings. The average molecular weight is 185 g/mol. The first-order chi connectivity index (χ1) is 6.27. The highest BCUT2D eigenvalue weighted by atomic mass is 16.5. The van der Waals surface area contributed by atoms with Gasteiger partial charge in [0.2, 0.25) is 0 Å². The molecule has 2 nitrogen and oxygen atoms in total.